The van der Waals surface area contributed by atoms with Crippen LogP contribution in [0.2, 0.25) is 0 Å². The average molecular weight is 245 g/mol. The van der Waals surface area contributed by atoms with Crippen molar-refractivity contribution in [2.75, 3.05) is 0 Å². The smallest absolute Gasteiger partial charge is 0.106 e. The van der Waals surface area contributed by atoms with Gasteiger partial charge in [0.25, 0.3) is 0 Å². The van der Waals surface area contributed by atoms with Gasteiger partial charge < -0.3 is 21.1 Å². The molecule has 0 aromatic carbocycles. The average Bonchev–Trinajstić information content (AvgIpc) is 2.37. The third-order valence-electron chi connectivity index (χ3n) is 3.98. The fourth-order valence-electron chi connectivity index (χ4n) is 2.67. The summed E-state index contributed by atoms with van der Waals surface area (Å²) in [6.45, 7) is 1.78. The van der Waals surface area contributed by atoms with Gasteiger partial charge in [-0.3, -0.25) is 0 Å². The van der Waals surface area contributed by atoms with Gasteiger partial charge in [0.2, 0.25) is 0 Å². The third-order valence-corrected chi connectivity index (χ3v) is 3.98. The Morgan fingerprint density at radius 3 is 2.18 bits per heavy atom. The van der Waals surface area contributed by atoms with Crippen LogP contribution in [0.3, 0.4) is 0 Å². The van der Waals surface area contributed by atoms with Crippen molar-refractivity contribution in [2.24, 2.45) is 11.7 Å². The molecular weight excluding hydrogens is 218 g/mol. The molecule has 1 aliphatic rings. The Labute approximate surface area is 104 Å². The summed E-state index contributed by atoms with van der Waals surface area (Å²) in [5.41, 5.74) is 6.08. The molecule has 0 heterocycles. The zero-order valence-electron chi connectivity index (χ0n) is 10.8. The van der Waals surface area contributed by atoms with Crippen LogP contribution in [0.15, 0.2) is 0 Å². The Balaban J connectivity index is 2.35. The standard InChI is InChI=1S/C13H27NO3/c1-2-11(15)13(17)12(16)8-10(14)9-6-4-3-5-7-9/h9-13,15-17H,2-8,14H2,1H3/t10?,11?,12?,13-/m0/s1. The summed E-state index contributed by atoms with van der Waals surface area (Å²) in [5, 5.41) is 29.0. The molecule has 3 unspecified atom stereocenters. The van der Waals surface area contributed by atoms with E-state index in [1.807, 2.05) is 0 Å². The molecule has 17 heavy (non-hydrogen) atoms. The van der Waals surface area contributed by atoms with E-state index in [-0.39, 0.29) is 6.04 Å². The molecule has 0 saturated heterocycles. The quantitative estimate of drug-likeness (QED) is 0.557. The molecule has 1 aliphatic carbocycles. The molecular formula is C13H27NO3. The van der Waals surface area contributed by atoms with Gasteiger partial charge in [-0.05, 0) is 31.6 Å². The Kier molecular flexibility index (Phi) is 6.41. The number of hydrogen-bond donors (Lipinski definition) is 4. The van der Waals surface area contributed by atoms with Gasteiger partial charge in [0, 0.05) is 6.04 Å². The lowest BCUT2D eigenvalue weighted by Crippen LogP contribution is -2.43. The zero-order chi connectivity index (χ0) is 12.8. The Bertz CT molecular complexity index is 201. The van der Waals surface area contributed by atoms with Crippen molar-refractivity contribution < 1.29 is 15.3 Å². The van der Waals surface area contributed by atoms with Crippen LogP contribution in [0.25, 0.3) is 0 Å². The van der Waals surface area contributed by atoms with Gasteiger partial charge in [0.05, 0.1) is 12.2 Å². The van der Waals surface area contributed by atoms with E-state index in [1.54, 1.807) is 6.92 Å². The highest BCUT2D eigenvalue weighted by Gasteiger charge is 2.28. The number of rotatable bonds is 6. The van der Waals surface area contributed by atoms with Crippen molar-refractivity contribution in [3.05, 3.63) is 0 Å². The van der Waals surface area contributed by atoms with E-state index < -0.39 is 18.3 Å². The lowest BCUT2D eigenvalue weighted by molar-refractivity contribution is -0.0662. The van der Waals surface area contributed by atoms with Crippen LogP contribution in [0, 0.1) is 5.92 Å². The molecule has 102 valence electrons. The maximum atomic E-state index is 9.83. The van der Waals surface area contributed by atoms with Gasteiger partial charge >= 0.3 is 0 Å². The number of hydrogen-bond acceptors (Lipinski definition) is 4. The van der Waals surface area contributed by atoms with Crippen molar-refractivity contribution in [1.82, 2.24) is 0 Å². The fourth-order valence-corrected chi connectivity index (χ4v) is 2.67. The van der Waals surface area contributed by atoms with Crippen LogP contribution in [0.5, 0.6) is 0 Å². The summed E-state index contributed by atoms with van der Waals surface area (Å²) in [4.78, 5) is 0. The lowest BCUT2D eigenvalue weighted by Gasteiger charge is -2.31. The molecule has 1 rings (SSSR count). The van der Waals surface area contributed by atoms with Gasteiger partial charge in [-0.15, -0.1) is 0 Å². The molecule has 5 N–H and O–H groups in total. The second-order valence-corrected chi connectivity index (χ2v) is 5.33. The topological polar surface area (TPSA) is 86.7 Å². The van der Waals surface area contributed by atoms with Gasteiger partial charge in [-0.1, -0.05) is 26.2 Å². The molecule has 1 saturated carbocycles. The van der Waals surface area contributed by atoms with Crippen LogP contribution < -0.4 is 5.73 Å². The molecule has 0 aliphatic heterocycles. The van der Waals surface area contributed by atoms with Crippen molar-refractivity contribution in [2.45, 2.75) is 76.2 Å². The van der Waals surface area contributed by atoms with E-state index in [0.717, 1.165) is 12.8 Å². The first-order valence-electron chi connectivity index (χ1n) is 6.86. The molecule has 0 amide bonds. The first kappa shape index (κ1) is 14.9. The van der Waals surface area contributed by atoms with E-state index in [9.17, 15) is 15.3 Å². The van der Waals surface area contributed by atoms with Gasteiger partial charge in [-0.25, -0.2) is 0 Å². The van der Waals surface area contributed by atoms with Crippen LogP contribution in [0.1, 0.15) is 51.9 Å². The van der Waals surface area contributed by atoms with E-state index in [1.165, 1.54) is 19.3 Å². The molecule has 0 bridgehead atoms. The van der Waals surface area contributed by atoms with Crippen molar-refractivity contribution >= 4 is 0 Å². The van der Waals surface area contributed by atoms with Crippen LogP contribution in [0.4, 0.5) is 0 Å². The molecule has 1 fully saturated rings. The highest BCUT2D eigenvalue weighted by atomic mass is 16.4. The molecule has 4 nitrogen and oxygen atoms in total. The van der Waals surface area contributed by atoms with Crippen molar-refractivity contribution in [3.8, 4) is 0 Å². The first-order chi connectivity index (χ1) is 8.06. The number of nitrogens with two attached hydrogens (primary N) is 1. The Hall–Kier alpha value is -0.160. The second-order valence-electron chi connectivity index (χ2n) is 5.33. The first-order valence-corrected chi connectivity index (χ1v) is 6.86. The monoisotopic (exact) mass is 245 g/mol. The summed E-state index contributed by atoms with van der Waals surface area (Å²) < 4.78 is 0. The molecule has 0 aromatic rings. The molecule has 0 spiro atoms. The van der Waals surface area contributed by atoms with Crippen LogP contribution >= 0.6 is 0 Å². The summed E-state index contributed by atoms with van der Waals surface area (Å²) in [6.07, 6.45) is 3.94. The maximum Gasteiger partial charge on any atom is 0.106 e. The molecule has 0 aromatic heterocycles. The van der Waals surface area contributed by atoms with E-state index >= 15 is 0 Å². The minimum absolute atomic E-state index is 0.0657. The highest BCUT2D eigenvalue weighted by Crippen LogP contribution is 2.27. The van der Waals surface area contributed by atoms with Crippen molar-refractivity contribution in [1.29, 1.82) is 0 Å². The minimum atomic E-state index is -1.07. The molecule has 4 atom stereocenters. The molecule has 4 heteroatoms. The summed E-state index contributed by atoms with van der Waals surface area (Å²) in [7, 11) is 0. The van der Waals surface area contributed by atoms with E-state index in [4.69, 9.17) is 5.73 Å². The minimum Gasteiger partial charge on any atom is -0.390 e. The predicted molar refractivity (Wildman–Crippen MR) is 67.5 cm³/mol. The van der Waals surface area contributed by atoms with Crippen LogP contribution in [-0.4, -0.2) is 39.7 Å². The van der Waals surface area contributed by atoms with Gasteiger partial charge in [0.15, 0.2) is 0 Å². The molecule has 0 radical (unpaired) electrons. The lowest BCUT2D eigenvalue weighted by atomic mass is 9.81. The third kappa shape index (κ3) is 4.54. The van der Waals surface area contributed by atoms with Crippen LogP contribution in [-0.2, 0) is 0 Å². The number of aliphatic hydroxyl groups excluding tert-OH is 3. The SMILES string of the molecule is CCC(O)[C@H](O)C(O)CC(N)C1CCCCC1. The van der Waals surface area contributed by atoms with E-state index in [0.29, 0.717) is 18.8 Å². The maximum absolute atomic E-state index is 9.83. The van der Waals surface area contributed by atoms with Crippen molar-refractivity contribution in [3.63, 3.8) is 0 Å². The summed E-state index contributed by atoms with van der Waals surface area (Å²) >= 11 is 0. The summed E-state index contributed by atoms with van der Waals surface area (Å²) in [6, 6.07) is -0.0657. The van der Waals surface area contributed by atoms with Gasteiger partial charge in [0.1, 0.15) is 6.10 Å². The second kappa shape index (κ2) is 7.31. The van der Waals surface area contributed by atoms with Gasteiger partial charge in [-0.2, -0.15) is 0 Å². The largest absolute Gasteiger partial charge is 0.390 e. The fraction of sp³-hybridized carbons (Fsp3) is 1.00. The normalized spacial score (nSPS) is 25.2. The Morgan fingerprint density at radius 1 is 1.06 bits per heavy atom. The van der Waals surface area contributed by atoms with E-state index in [2.05, 4.69) is 0 Å². The highest BCUT2D eigenvalue weighted by molar-refractivity contribution is 4.83. The zero-order valence-corrected chi connectivity index (χ0v) is 10.8. The number of aliphatic hydroxyl groups is 3. The Morgan fingerprint density at radius 2 is 1.65 bits per heavy atom. The summed E-state index contributed by atoms with van der Waals surface area (Å²) in [5.74, 6) is 0.462. The predicted octanol–water partition coefficient (Wildman–Crippen LogP) is 0.777.